The molecule has 4 aliphatic rings. The van der Waals surface area contributed by atoms with Crippen molar-refractivity contribution >= 4 is 34.1 Å². The maximum Gasteiger partial charge on any atom is 0.0482 e. The number of nitrogens with zero attached hydrogens (tertiary/aromatic N) is 3. The van der Waals surface area contributed by atoms with Gasteiger partial charge in [0.25, 0.3) is 0 Å². The number of hydrogen-bond acceptors (Lipinski definition) is 2. The molecule has 0 N–H and O–H groups in total. The predicted molar refractivity (Wildman–Crippen MR) is 336 cm³/mol. The Morgan fingerprint density at radius 3 is 0.725 bits per heavy atom. The monoisotopic (exact) mass is 1030 g/mol. The Morgan fingerprint density at radius 1 is 0.237 bits per heavy atom. The van der Waals surface area contributed by atoms with Crippen LogP contribution in [0, 0.1) is 0 Å². The van der Waals surface area contributed by atoms with E-state index in [1.807, 2.05) is 0 Å². The van der Waals surface area contributed by atoms with Crippen molar-refractivity contribution in [2.45, 2.75) is 77.0 Å². The minimum atomic E-state index is -0.122. The molecular formula is C77H65N3. The number of aromatic nitrogens is 1. The second kappa shape index (κ2) is 17.0. The van der Waals surface area contributed by atoms with Crippen LogP contribution in [0.15, 0.2) is 231 Å². The summed E-state index contributed by atoms with van der Waals surface area (Å²) < 4.78 is 2.35. The van der Waals surface area contributed by atoms with E-state index in [1.54, 1.807) is 0 Å². The third-order valence-corrected chi connectivity index (χ3v) is 19.3. The van der Waals surface area contributed by atoms with E-state index in [-0.39, 0.29) is 21.7 Å². The molecule has 15 rings (SSSR count). The van der Waals surface area contributed by atoms with Crippen LogP contribution in [-0.4, -0.2) is 4.57 Å². The van der Waals surface area contributed by atoms with Gasteiger partial charge in [-0.3, -0.25) is 0 Å². The average molecular weight is 1030 g/mol. The first-order valence-corrected chi connectivity index (χ1v) is 28.6. The van der Waals surface area contributed by atoms with Crippen LogP contribution in [-0.2, 0) is 28.7 Å². The van der Waals surface area contributed by atoms with E-state index in [9.17, 15) is 0 Å². The van der Waals surface area contributed by atoms with Crippen LogP contribution in [0.4, 0.5) is 34.1 Å². The minimum absolute atomic E-state index is 0.122. The highest BCUT2D eigenvalue weighted by molar-refractivity contribution is 5.91. The van der Waals surface area contributed by atoms with E-state index >= 15 is 0 Å². The molecule has 0 unspecified atom stereocenters. The maximum atomic E-state index is 2.47. The topological polar surface area (TPSA) is 11.4 Å². The van der Waals surface area contributed by atoms with E-state index in [0.717, 1.165) is 34.1 Å². The molecular weight excluding hydrogens is 967 g/mol. The fourth-order valence-electron chi connectivity index (χ4n) is 14.9. The van der Waals surface area contributed by atoms with Crippen LogP contribution < -0.4 is 9.80 Å². The van der Waals surface area contributed by atoms with Crippen LogP contribution in [0.1, 0.15) is 99.9 Å². The lowest BCUT2D eigenvalue weighted by Gasteiger charge is -2.30. The molecule has 3 heteroatoms. The summed E-state index contributed by atoms with van der Waals surface area (Å²) in [4.78, 5) is 4.93. The molecule has 1 heterocycles. The molecule has 0 aliphatic heterocycles. The van der Waals surface area contributed by atoms with Crippen LogP contribution >= 0.6 is 0 Å². The van der Waals surface area contributed by atoms with Gasteiger partial charge in [-0.15, -0.1) is 0 Å². The van der Waals surface area contributed by atoms with Gasteiger partial charge < -0.3 is 14.4 Å². The third kappa shape index (κ3) is 6.86. The highest BCUT2D eigenvalue weighted by Gasteiger charge is 2.40. The van der Waals surface area contributed by atoms with E-state index in [2.05, 4.69) is 307 Å². The molecule has 0 spiro atoms. The fourth-order valence-corrected chi connectivity index (χ4v) is 14.9. The molecule has 11 aromatic rings. The number of benzene rings is 10. The minimum Gasteiger partial charge on any atom is -0.344 e. The van der Waals surface area contributed by atoms with Crippen molar-refractivity contribution < 1.29 is 0 Å². The second-order valence-corrected chi connectivity index (χ2v) is 25.0. The largest absolute Gasteiger partial charge is 0.344 e. The molecule has 0 fully saturated rings. The molecule has 0 bridgehead atoms. The Kier molecular flexibility index (Phi) is 10.3. The quantitative estimate of drug-likeness (QED) is 0.150. The van der Waals surface area contributed by atoms with Crippen molar-refractivity contribution in [3.05, 3.63) is 275 Å². The zero-order valence-electron chi connectivity index (χ0n) is 47.3. The molecule has 0 atom stereocenters. The average Bonchev–Trinajstić information content (AvgIpc) is 4.25. The van der Waals surface area contributed by atoms with Crippen molar-refractivity contribution in [2.75, 3.05) is 9.80 Å². The summed E-state index contributed by atoms with van der Waals surface area (Å²) in [7, 11) is 2.20. The van der Waals surface area contributed by atoms with Gasteiger partial charge in [0.05, 0.1) is 0 Å². The van der Waals surface area contributed by atoms with Crippen molar-refractivity contribution in [3.8, 4) is 67.0 Å². The Morgan fingerprint density at radius 2 is 0.463 bits per heavy atom. The fraction of sp³-hybridized carbons (Fsp3) is 0.169. The van der Waals surface area contributed by atoms with Crippen molar-refractivity contribution in [2.24, 2.45) is 7.05 Å². The van der Waals surface area contributed by atoms with Gasteiger partial charge in [-0.1, -0.05) is 201 Å². The highest BCUT2D eigenvalue weighted by Crippen LogP contribution is 2.56. The van der Waals surface area contributed by atoms with Gasteiger partial charge in [0, 0.05) is 74.2 Å². The number of anilines is 6. The third-order valence-electron chi connectivity index (χ3n) is 19.3. The number of rotatable bonds is 8. The van der Waals surface area contributed by atoms with Gasteiger partial charge in [-0.2, -0.15) is 0 Å². The highest BCUT2D eigenvalue weighted by atomic mass is 15.1. The van der Waals surface area contributed by atoms with E-state index in [4.69, 9.17) is 0 Å². The van der Waals surface area contributed by atoms with Crippen molar-refractivity contribution in [1.29, 1.82) is 0 Å². The molecule has 80 heavy (non-hydrogen) atoms. The van der Waals surface area contributed by atoms with E-state index in [0.29, 0.717) is 0 Å². The van der Waals surface area contributed by atoms with E-state index in [1.165, 1.54) is 112 Å². The van der Waals surface area contributed by atoms with Crippen LogP contribution in [0.3, 0.4) is 0 Å². The molecule has 4 aliphatic carbocycles. The Hall–Kier alpha value is -8.92. The summed E-state index contributed by atoms with van der Waals surface area (Å²) in [6.45, 7) is 19.0. The lowest BCUT2D eigenvalue weighted by atomic mass is 9.82. The molecule has 1 aromatic heterocycles. The van der Waals surface area contributed by atoms with Crippen LogP contribution in [0.5, 0.6) is 0 Å². The summed E-state index contributed by atoms with van der Waals surface area (Å²) in [5.41, 5.74) is 32.7. The molecule has 0 amide bonds. The Bertz CT molecular complexity index is 3870. The molecule has 3 nitrogen and oxygen atoms in total. The molecule has 388 valence electrons. The Labute approximate surface area is 472 Å². The number of fused-ring (bicyclic) bond motifs is 12. The summed E-state index contributed by atoms with van der Waals surface area (Å²) in [5.74, 6) is 0. The van der Waals surface area contributed by atoms with E-state index < -0.39 is 0 Å². The first-order valence-electron chi connectivity index (χ1n) is 28.6. The zero-order chi connectivity index (χ0) is 54.6. The molecule has 10 aromatic carbocycles. The predicted octanol–water partition coefficient (Wildman–Crippen LogP) is 20.5. The summed E-state index contributed by atoms with van der Waals surface area (Å²) in [6.07, 6.45) is 0. The normalized spacial score (nSPS) is 15.5. The summed E-state index contributed by atoms with van der Waals surface area (Å²) in [5, 5.41) is 0. The maximum absolute atomic E-state index is 2.47. The van der Waals surface area contributed by atoms with Crippen LogP contribution in [0.2, 0.25) is 0 Å². The van der Waals surface area contributed by atoms with Gasteiger partial charge >= 0.3 is 0 Å². The lowest BCUT2D eigenvalue weighted by molar-refractivity contribution is 0.659. The van der Waals surface area contributed by atoms with Crippen LogP contribution in [0.25, 0.3) is 67.0 Å². The van der Waals surface area contributed by atoms with Gasteiger partial charge in [0.1, 0.15) is 0 Å². The first kappa shape index (κ1) is 48.2. The summed E-state index contributed by atoms with van der Waals surface area (Å²) in [6, 6.07) is 87.2. The first-order chi connectivity index (χ1) is 38.6. The summed E-state index contributed by atoms with van der Waals surface area (Å²) >= 11 is 0. The van der Waals surface area contributed by atoms with Crippen molar-refractivity contribution in [1.82, 2.24) is 4.57 Å². The SMILES string of the molecule is Cn1c(-c2ccc(N(c3ccc4c(c3)C(C)(C)c3ccccc3-4)c3ccc4c(c3)C(C)(C)c3ccccc3-4)cc2)ccc1-c1ccc(N(c2ccc3c(c2)C(C)(C)c2ccccc2-3)c2ccc3c(c2)C(C)(C)c2ccccc2-3)cc1. The molecule has 0 radical (unpaired) electrons. The standard InChI is InChI=1S/C77H65N3/c1-74(2)64-22-14-10-18-56(64)60-38-34-52(44-68(60)74)79(53-35-39-61-57-19-11-15-23-65(57)75(3,4)69(61)45-53)50-30-26-48(27-31-50)72-42-43-73(78(72)9)49-28-32-51(33-29-49)80(54-36-40-62-58-20-12-16-24-66(58)76(5,6)70(62)46-54)55-37-41-63-59-21-13-17-25-67(59)77(7,8)71(63)47-55/h10-47H,1-9H3. The molecule has 0 saturated carbocycles. The second-order valence-electron chi connectivity index (χ2n) is 25.0. The van der Waals surface area contributed by atoms with Gasteiger partial charge in [-0.05, 0) is 185 Å². The zero-order valence-corrected chi connectivity index (χ0v) is 47.3. The smallest absolute Gasteiger partial charge is 0.0482 e. The van der Waals surface area contributed by atoms with Gasteiger partial charge in [-0.25, -0.2) is 0 Å². The van der Waals surface area contributed by atoms with Gasteiger partial charge in [0.15, 0.2) is 0 Å². The lowest BCUT2D eigenvalue weighted by Crippen LogP contribution is -2.18. The number of hydrogen-bond donors (Lipinski definition) is 0. The van der Waals surface area contributed by atoms with Gasteiger partial charge in [0.2, 0.25) is 0 Å². The van der Waals surface area contributed by atoms with Crippen molar-refractivity contribution in [3.63, 3.8) is 0 Å². The Balaban J connectivity index is 0.783. The molecule has 0 saturated heterocycles.